The van der Waals surface area contributed by atoms with Gasteiger partial charge in [0.05, 0.1) is 12.8 Å². The minimum atomic E-state index is -0.149. The molecule has 0 saturated carbocycles. The number of rotatable bonds is 7. The van der Waals surface area contributed by atoms with Crippen LogP contribution in [-0.2, 0) is 16.1 Å². The van der Waals surface area contributed by atoms with Gasteiger partial charge in [0, 0.05) is 26.4 Å². The van der Waals surface area contributed by atoms with Gasteiger partial charge in [0.15, 0.2) is 0 Å². The van der Waals surface area contributed by atoms with Crippen molar-refractivity contribution < 1.29 is 14.3 Å². The largest absolute Gasteiger partial charge is 0.495 e. The van der Waals surface area contributed by atoms with E-state index >= 15 is 0 Å². The SMILES string of the molecule is COc1ccc(C)cc1NC(=O)CCN(Cc1cccc(C)c1)C(C)=O. The Morgan fingerprint density at radius 1 is 1.08 bits per heavy atom. The molecule has 0 spiro atoms. The van der Waals surface area contributed by atoms with Gasteiger partial charge in [-0.3, -0.25) is 9.59 Å². The van der Waals surface area contributed by atoms with Crippen molar-refractivity contribution in [1.82, 2.24) is 4.90 Å². The normalized spacial score (nSPS) is 10.3. The predicted molar refractivity (Wildman–Crippen MR) is 103 cm³/mol. The van der Waals surface area contributed by atoms with Crippen LogP contribution in [-0.4, -0.2) is 30.4 Å². The molecule has 5 nitrogen and oxygen atoms in total. The Kier molecular flexibility index (Phi) is 6.78. The number of hydrogen-bond donors (Lipinski definition) is 1. The molecule has 0 fully saturated rings. The Morgan fingerprint density at radius 3 is 2.46 bits per heavy atom. The van der Waals surface area contributed by atoms with Crippen LogP contribution in [0.3, 0.4) is 0 Å². The first-order valence-corrected chi connectivity index (χ1v) is 8.64. The summed E-state index contributed by atoms with van der Waals surface area (Å²) in [6.45, 7) is 6.36. The standard InChI is InChI=1S/C21H26N2O3/c1-15-6-5-7-18(12-15)14-23(17(3)24)11-10-21(25)22-19-13-16(2)8-9-20(19)26-4/h5-9,12-13H,10-11,14H2,1-4H3,(H,22,25). The summed E-state index contributed by atoms with van der Waals surface area (Å²) < 4.78 is 5.28. The third-order valence-corrected chi connectivity index (χ3v) is 4.14. The molecule has 0 atom stereocenters. The maximum atomic E-state index is 12.3. The fourth-order valence-corrected chi connectivity index (χ4v) is 2.75. The van der Waals surface area contributed by atoms with Crippen LogP contribution in [0.1, 0.15) is 30.0 Å². The first-order valence-electron chi connectivity index (χ1n) is 8.64. The minimum Gasteiger partial charge on any atom is -0.495 e. The van der Waals surface area contributed by atoms with Gasteiger partial charge in [0.1, 0.15) is 5.75 Å². The lowest BCUT2D eigenvalue weighted by Crippen LogP contribution is -2.31. The van der Waals surface area contributed by atoms with Gasteiger partial charge in [0.25, 0.3) is 0 Å². The second kappa shape index (κ2) is 9.04. The van der Waals surface area contributed by atoms with E-state index in [0.717, 1.165) is 16.7 Å². The van der Waals surface area contributed by atoms with E-state index in [0.29, 0.717) is 24.5 Å². The van der Waals surface area contributed by atoms with Crippen LogP contribution in [0, 0.1) is 13.8 Å². The Hall–Kier alpha value is -2.82. The molecular weight excluding hydrogens is 328 g/mol. The summed E-state index contributed by atoms with van der Waals surface area (Å²) in [5, 5.41) is 2.87. The van der Waals surface area contributed by atoms with Crippen molar-refractivity contribution in [3.05, 3.63) is 59.2 Å². The van der Waals surface area contributed by atoms with Crippen molar-refractivity contribution in [2.75, 3.05) is 19.0 Å². The number of methoxy groups -OCH3 is 1. The zero-order chi connectivity index (χ0) is 19.1. The predicted octanol–water partition coefficient (Wildman–Crippen LogP) is 3.69. The molecule has 0 aliphatic heterocycles. The third-order valence-electron chi connectivity index (χ3n) is 4.14. The van der Waals surface area contributed by atoms with Crippen LogP contribution < -0.4 is 10.1 Å². The smallest absolute Gasteiger partial charge is 0.226 e. The van der Waals surface area contributed by atoms with Crippen LogP contribution in [0.4, 0.5) is 5.69 Å². The highest BCUT2D eigenvalue weighted by Crippen LogP contribution is 2.25. The molecule has 0 saturated heterocycles. The van der Waals surface area contributed by atoms with Crippen molar-refractivity contribution in [2.45, 2.75) is 33.7 Å². The van der Waals surface area contributed by atoms with Crippen molar-refractivity contribution in [2.24, 2.45) is 0 Å². The van der Waals surface area contributed by atoms with Gasteiger partial charge in [-0.2, -0.15) is 0 Å². The van der Waals surface area contributed by atoms with Gasteiger partial charge in [0.2, 0.25) is 11.8 Å². The van der Waals surface area contributed by atoms with Crippen LogP contribution in [0.25, 0.3) is 0 Å². The number of hydrogen-bond acceptors (Lipinski definition) is 3. The number of ether oxygens (including phenoxy) is 1. The molecular formula is C21H26N2O3. The summed E-state index contributed by atoms with van der Waals surface area (Å²) in [5.74, 6) is 0.420. The van der Waals surface area contributed by atoms with Gasteiger partial charge < -0.3 is 15.0 Å². The molecule has 26 heavy (non-hydrogen) atoms. The lowest BCUT2D eigenvalue weighted by atomic mass is 10.1. The summed E-state index contributed by atoms with van der Waals surface area (Å²) in [6, 6.07) is 13.6. The van der Waals surface area contributed by atoms with E-state index in [1.807, 2.05) is 56.3 Å². The van der Waals surface area contributed by atoms with Crippen molar-refractivity contribution in [3.8, 4) is 5.75 Å². The molecule has 0 aromatic heterocycles. The van der Waals surface area contributed by atoms with E-state index in [1.165, 1.54) is 6.92 Å². The molecule has 2 aromatic carbocycles. The second-order valence-electron chi connectivity index (χ2n) is 6.43. The molecule has 0 bridgehead atoms. The first-order chi connectivity index (χ1) is 12.4. The fourth-order valence-electron chi connectivity index (χ4n) is 2.75. The first kappa shape index (κ1) is 19.5. The van der Waals surface area contributed by atoms with Gasteiger partial charge >= 0.3 is 0 Å². The summed E-state index contributed by atoms with van der Waals surface area (Å²) in [7, 11) is 1.57. The highest BCUT2D eigenvalue weighted by Gasteiger charge is 2.13. The van der Waals surface area contributed by atoms with Crippen LogP contribution in [0.5, 0.6) is 5.75 Å². The fraction of sp³-hybridized carbons (Fsp3) is 0.333. The Bertz CT molecular complexity index is 787. The van der Waals surface area contributed by atoms with Gasteiger partial charge in [-0.1, -0.05) is 35.9 Å². The van der Waals surface area contributed by atoms with E-state index < -0.39 is 0 Å². The summed E-state index contributed by atoms with van der Waals surface area (Å²) in [6.07, 6.45) is 0.225. The quantitative estimate of drug-likeness (QED) is 0.825. The van der Waals surface area contributed by atoms with E-state index in [4.69, 9.17) is 4.74 Å². The molecule has 0 heterocycles. The molecule has 1 N–H and O–H groups in total. The molecule has 0 radical (unpaired) electrons. The molecule has 0 aliphatic carbocycles. The second-order valence-corrected chi connectivity index (χ2v) is 6.43. The zero-order valence-corrected chi connectivity index (χ0v) is 15.8. The van der Waals surface area contributed by atoms with E-state index in [-0.39, 0.29) is 18.2 Å². The maximum absolute atomic E-state index is 12.3. The average molecular weight is 354 g/mol. The molecule has 2 rings (SSSR count). The van der Waals surface area contributed by atoms with E-state index in [9.17, 15) is 9.59 Å². The van der Waals surface area contributed by atoms with Crippen LogP contribution in [0.15, 0.2) is 42.5 Å². The minimum absolute atomic E-state index is 0.0487. The molecule has 0 unspecified atom stereocenters. The lowest BCUT2D eigenvalue weighted by molar-refractivity contribution is -0.129. The highest BCUT2D eigenvalue weighted by atomic mass is 16.5. The zero-order valence-electron chi connectivity index (χ0n) is 15.8. The summed E-state index contributed by atoms with van der Waals surface area (Å²) in [4.78, 5) is 25.9. The lowest BCUT2D eigenvalue weighted by Gasteiger charge is -2.21. The highest BCUT2D eigenvalue weighted by molar-refractivity contribution is 5.92. The number of nitrogens with zero attached hydrogens (tertiary/aromatic N) is 1. The molecule has 5 heteroatoms. The number of benzene rings is 2. The Morgan fingerprint density at radius 2 is 1.81 bits per heavy atom. The molecule has 138 valence electrons. The molecule has 2 amide bonds. The Balaban J connectivity index is 1.97. The molecule has 0 aliphatic rings. The number of carbonyl (C=O) groups is 2. The number of aryl methyl sites for hydroxylation is 2. The van der Waals surface area contributed by atoms with Gasteiger partial charge in [-0.15, -0.1) is 0 Å². The Labute approximate surface area is 155 Å². The molecule has 2 aromatic rings. The maximum Gasteiger partial charge on any atom is 0.226 e. The third kappa shape index (κ3) is 5.62. The van der Waals surface area contributed by atoms with Gasteiger partial charge in [-0.25, -0.2) is 0 Å². The topological polar surface area (TPSA) is 58.6 Å². The number of anilines is 1. The average Bonchev–Trinajstić information content (AvgIpc) is 2.58. The summed E-state index contributed by atoms with van der Waals surface area (Å²) in [5.41, 5.74) is 3.88. The summed E-state index contributed by atoms with van der Waals surface area (Å²) >= 11 is 0. The monoisotopic (exact) mass is 354 g/mol. The van der Waals surface area contributed by atoms with Crippen molar-refractivity contribution in [1.29, 1.82) is 0 Å². The van der Waals surface area contributed by atoms with E-state index in [2.05, 4.69) is 5.32 Å². The number of nitrogens with one attached hydrogen (secondary N) is 1. The van der Waals surface area contributed by atoms with Crippen LogP contribution in [0.2, 0.25) is 0 Å². The number of amides is 2. The van der Waals surface area contributed by atoms with E-state index in [1.54, 1.807) is 12.0 Å². The van der Waals surface area contributed by atoms with Crippen LogP contribution >= 0.6 is 0 Å². The van der Waals surface area contributed by atoms with Gasteiger partial charge in [-0.05, 0) is 37.1 Å². The number of carbonyl (C=O) groups excluding carboxylic acids is 2. The van der Waals surface area contributed by atoms with Crippen molar-refractivity contribution in [3.63, 3.8) is 0 Å². The van der Waals surface area contributed by atoms with Crippen molar-refractivity contribution >= 4 is 17.5 Å².